The smallest absolute Gasteiger partial charge is 0.352 e. The van der Waals surface area contributed by atoms with E-state index in [1.165, 1.54) is 4.68 Å². The number of aromatic nitrogens is 2. The minimum atomic E-state index is -4.62. The summed E-state index contributed by atoms with van der Waals surface area (Å²) in [4.78, 5) is 12.4. The number of nitrogens with zero attached hydrogens (tertiary/aromatic N) is 2. The van der Waals surface area contributed by atoms with E-state index in [1.54, 1.807) is 6.92 Å². The van der Waals surface area contributed by atoms with Gasteiger partial charge in [-0.1, -0.05) is 24.4 Å². The van der Waals surface area contributed by atoms with E-state index in [4.69, 9.17) is 11.6 Å². The van der Waals surface area contributed by atoms with Gasteiger partial charge in [0, 0.05) is 12.0 Å². The van der Waals surface area contributed by atoms with E-state index in [2.05, 4.69) is 10.4 Å². The molecule has 2 fully saturated rings. The molecule has 1 amide bonds. The van der Waals surface area contributed by atoms with Crippen LogP contribution in [0.25, 0.3) is 0 Å². The summed E-state index contributed by atoms with van der Waals surface area (Å²) in [6.45, 7) is 1.57. The fourth-order valence-corrected chi connectivity index (χ4v) is 3.52. The van der Waals surface area contributed by atoms with Crippen molar-refractivity contribution in [3.63, 3.8) is 0 Å². The lowest BCUT2D eigenvalue weighted by Gasteiger charge is -2.19. The van der Waals surface area contributed by atoms with Crippen molar-refractivity contribution in [2.24, 2.45) is 0 Å². The number of nitrogens with one attached hydrogen (secondary N) is 1. The van der Waals surface area contributed by atoms with Crippen LogP contribution in [0, 0.1) is 0 Å². The first kappa shape index (κ1) is 16.6. The second kappa shape index (κ2) is 6.00. The van der Waals surface area contributed by atoms with Crippen molar-refractivity contribution >= 4 is 17.5 Å². The van der Waals surface area contributed by atoms with Crippen LogP contribution in [0.4, 0.5) is 13.2 Å². The highest BCUT2D eigenvalue weighted by Crippen LogP contribution is 2.47. The quantitative estimate of drug-likeness (QED) is 0.891. The predicted molar refractivity (Wildman–Crippen MR) is 79.3 cm³/mol. The topological polar surface area (TPSA) is 46.9 Å². The molecule has 0 radical (unpaired) electrons. The molecule has 1 atom stereocenters. The van der Waals surface area contributed by atoms with Crippen LogP contribution in [0.1, 0.15) is 68.8 Å². The number of carbonyl (C=O) groups is 1. The van der Waals surface area contributed by atoms with E-state index < -0.39 is 17.9 Å². The van der Waals surface area contributed by atoms with Crippen molar-refractivity contribution in [1.29, 1.82) is 0 Å². The molecule has 4 nitrogen and oxygen atoms in total. The monoisotopic (exact) mass is 349 g/mol. The Bertz CT molecular complexity index is 604. The highest BCUT2D eigenvalue weighted by molar-refractivity contribution is 6.32. The predicted octanol–water partition coefficient (Wildman–Crippen LogP) is 4.05. The lowest BCUT2D eigenvalue weighted by Crippen LogP contribution is -2.38. The van der Waals surface area contributed by atoms with Crippen LogP contribution >= 0.6 is 11.6 Å². The number of carbonyl (C=O) groups excluding carboxylic acids is 1. The molecule has 1 aromatic rings. The van der Waals surface area contributed by atoms with Crippen molar-refractivity contribution < 1.29 is 18.0 Å². The Morgan fingerprint density at radius 3 is 2.43 bits per heavy atom. The molecular formula is C15H19ClF3N3O. The van der Waals surface area contributed by atoms with Crippen molar-refractivity contribution in [2.75, 3.05) is 0 Å². The first-order valence-electron chi connectivity index (χ1n) is 7.94. The van der Waals surface area contributed by atoms with Crippen molar-refractivity contribution in [1.82, 2.24) is 15.1 Å². The lowest BCUT2D eigenvalue weighted by atomic mass is 10.2. The highest BCUT2D eigenvalue weighted by atomic mass is 35.5. The molecule has 1 N–H and O–H groups in total. The zero-order chi connectivity index (χ0) is 16.8. The van der Waals surface area contributed by atoms with E-state index in [9.17, 15) is 18.0 Å². The molecule has 2 saturated carbocycles. The molecule has 23 heavy (non-hydrogen) atoms. The van der Waals surface area contributed by atoms with E-state index in [0.29, 0.717) is 5.69 Å². The van der Waals surface area contributed by atoms with Gasteiger partial charge in [-0.15, -0.1) is 0 Å². The fraction of sp³-hybridized carbons (Fsp3) is 0.733. The Kier molecular flexibility index (Phi) is 4.33. The van der Waals surface area contributed by atoms with Gasteiger partial charge in [-0.2, -0.15) is 18.3 Å². The average molecular weight is 350 g/mol. The molecule has 2 aliphatic carbocycles. The van der Waals surface area contributed by atoms with Crippen LogP contribution in [0.15, 0.2) is 0 Å². The van der Waals surface area contributed by atoms with Crippen LogP contribution in [-0.2, 0) is 11.0 Å². The Morgan fingerprint density at radius 2 is 1.91 bits per heavy atom. The number of amides is 1. The van der Waals surface area contributed by atoms with Gasteiger partial charge < -0.3 is 5.32 Å². The lowest BCUT2D eigenvalue weighted by molar-refractivity contribution is -0.141. The third kappa shape index (κ3) is 3.34. The second-order valence-corrected chi connectivity index (χ2v) is 6.81. The highest BCUT2D eigenvalue weighted by Gasteiger charge is 2.43. The van der Waals surface area contributed by atoms with Gasteiger partial charge in [0.25, 0.3) is 0 Å². The summed E-state index contributed by atoms with van der Waals surface area (Å²) in [5.74, 6) is -0.334. The average Bonchev–Trinajstić information content (AvgIpc) is 3.04. The summed E-state index contributed by atoms with van der Waals surface area (Å²) in [5, 5.41) is 6.18. The summed E-state index contributed by atoms with van der Waals surface area (Å²) in [7, 11) is 0. The molecule has 8 heteroatoms. The largest absolute Gasteiger partial charge is 0.436 e. The van der Waals surface area contributed by atoms with Gasteiger partial charge in [-0.25, -0.2) is 0 Å². The Labute approximate surface area is 137 Å². The Morgan fingerprint density at radius 1 is 1.30 bits per heavy atom. The molecule has 1 aromatic heterocycles. The minimum absolute atomic E-state index is 0.0344. The van der Waals surface area contributed by atoms with Crippen molar-refractivity contribution in [3.8, 4) is 0 Å². The maximum absolute atomic E-state index is 13.1. The zero-order valence-corrected chi connectivity index (χ0v) is 13.5. The van der Waals surface area contributed by atoms with E-state index in [-0.39, 0.29) is 22.9 Å². The molecular weight excluding hydrogens is 331 g/mol. The summed E-state index contributed by atoms with van der Waals surface area (Å²) in [5.41, 5.74) is -0.755. The van der Waals surface area contributed by atoms with Crippen molar-refractivity contribution in [2.45, 2.75) is 69.6 Å². The summed E-state index contributed by atoms with van der Waals surface area (Å²) in [6.07, 6.45) is 0.910. The number of rotatable bonds is 4. The first-order valence-corrected chi connectivity index (χ1v) is 8.32. The standard InChI is InChI=1S/C15H19ClF3N3O/c1-8(14(23)20-10-4-2-3-5-10)22-12(9-6-7-9)11(16)13(21-22)15(17,18)19/h8-10H,2-7H2,1H3,(H,20,23)/t8-/m0/s1. The second-order valence-electron chi connectivity index (χ2n) is 6.43. The summed E-state index contributed by atoms with van der Waals surface area (Å²) < 4.78 is 40.3. The molecule has 1 heterocycles. The maximum atomic E-state index is 13.1. The Balaban J connectivity index is 1.86. The van der Waals surface area contributed by atoms with Gasteiger partial charge in [0.2, 0.25) is 5.91 Å². The number of alkyl halides is 3. The third-order valence-corrected chi connectivity index (χ3v) is 4.94. The molecule has 0 unspecified atom stereocenters. The van der Waals surface area contributed by atoms with Gasteiger partial charge in [-0.3, -0.25) is 9.48 Å². The van der Waals surface area contributed by atoms with Gasteiger partial charge in [-0.05, 0) is 32.6 Å². The van der Waals surface area contributed by atoms with Gasteiger partial charge in [0.15, 0.2) is 5.69 Å². The molecule has 3 rings (SSSR count). The SMILES string of the molecule is C[C@@H](C(=O)NC1CCCC1)n1nc(C(F)(F)F)c(Cl)c1C1CC1. The van der Waals surface area contributed by atoms with E-state index in [0.717, 1.165) is 38.5 Å². The number of halogens is 4. The Hall–Kier alpha value is -1.24. The van der Waals surface area contributed by atoms with Crippen LogP contribution in [-0.4, -0.2) is 21.7 Å². The van der Waals surface area contributed by atoms with E-state index >= 15 is 0 Å². The van der Waals surface area contributed by atoms with Crippen LogP contribution in [0.3, 0.4) is 0 Å². The van der Waals surface area contributed by atoms with Gasteiger partial charge in [0.1, 0.15) is 6.04 Å². The number of hydrogen-bond donors (Lipinski definition) is 1. The first-order chi connectivity index (χ1) is 10.8. The molecule has 0 saturated heterocycles. The third-order valence-electron chi connectivity index (χ3n) is 4.57. The molecule has 0 aliphatic heterocycles. The van der Waals surface area contributed by atoms with Gasteiger partial charge in [0.05, 0.1) is 10.7 Å². The molecule has 0 bridgehead atoms. The number of hydrogen-bond acceptors (Lipinski definition) is 2. The maximum Gasteiger partial charge on any atom is 0.436 e. The molecule has 2 aliphatic rings. The molecule has 128 valence electrons. The van der Waals surface area contributed by atoms with Crippen LogP contribution in [0.5, 0.6) is 0 Å². The fourth-order valence-electron chi connectivity index (χ4n) is 3.13. The zero-order valence-electron chi connectivity index (χ0n) is 12.8. The normalized spacial score (nSPS) is 20.7. The van der Waals surface area contributed by atoms with Crippen LogP contribution < -0.4 is 5.32 Å². The summed E-state index contributed by atoms with van der Waals surface area (Å²) >= 11 is 5.93. The molecule has 0 spiro atoms. The molecule has 0 aromatic carbocycles. The minimum Gasteiger partial charge on any atom is -0.352 e. The van der Waals surface area contributed by atoms with Crippen molar-refractivity contribution in [3.05, 3.63) is 16.4 Å². The van der Waals surface area contributed by atoms with Crippen LogP contribution in [0.2, 0.25) is 5.02 Å². The van der Waals surface area contributed by atoms with E-state index in [1.807, 2.05) is 0 Å². The summed E-state index contributed by atoms with van der Waals surface area (Å²) in [6, 6.07) is -0.692. The van der Waals surface area contributed by atoms with Gasteiger partial charge >= 0.3 is 6.18 Å².